The maximum Gasteiger partial charge on any atom is 0.408 e. The molecule has 10 nitrogen and oxygen atoms in total. The van der Waals surface area contributed by atoms with Gasteiger partial charge in [-0.1, -0.05) is 12.1 Å². The molecule has 3 aromatic carbocycles. The third-order valence-corrected chi connectivity index (χ3v) is 6.67. The normalized spacial score (nSPS) is 12.6. The SMILES string of the molecule is Cc1cc(Oc2ccccc2F)ccc1N=C(N)C(=CN)C(=O)c1cc2cc(F)c(NCC(C)(C)NC(=O)OC(C)(C)C)cc2[nH]1. The molecule has 0 saturated carbocycles. The Balaban J connectivity index is 1.48. The molecule has 0 bridgehead atoms. The van der Waals surface area contributed by atoms with Gasteiger partial charge in [-0.25, -0.2) is 18.6 Å². The monoisotopic (exact) mass is 632 g/mol. The van der Waals surface area contributed by atoms with Gasteiger partial charge in [-0.2, -0.15) is 0 Å². The lowest BCUT2D eigenvalue weighted by Gasteiger charge is -2.29. The number of halogens is 2. The van der Waals surface area contributed by atoms with Gasteiger partial charge in [0.25, 0.3) is 0 Å². The number of H-pyrrole nitrogens is 1. The van der Waals surface area contributed by atoms with E-state index < -0.39 is 34.7 Å². The third-order valence-electron chi connectivity index (χ3n) is 6.67. The Morgan fingerprint density at radius 3 is 2.37 bits per heavy atom. The van der Waals surface area contributed by atoms with Crippen LogP contribution in [0, 0.1) is 18.6 Å². The number of carbonyl (C=O) groups excluding carboxylic acids is 2. The number of amides is 1. The second-order valence-electron chi connectivity index (χ2n) is 12.4. The lowest BCUT2D eigenvalue weighted by Crippen LogP contribution is -2.50. The number of benzene rings is 3. The first-order valence-electron chi connectivity index (χ1n) is 14.5. The number of rotatable bonds is 10. The first-order valence-corrected chi connectivity index (χ1v) is 14.5. The van der Waals surface area contributed by atoms with Crippen LogP contribution in [-0.4, -0.2) is 40.4 Å². The van der Waals surface area contributed by atoms with E-state index in [0.717, 1.165) is 6.20 Å². The van der Waals surface area contributed by atoms with E-state index >= 15 is 4.39 Å². The van der Waals surface area contributed by atoms with Crippen LogP contribution in [0.25, 0.3) is 10.9 Å². The summed E-state index contributed by atoms with van der Waals surface area (Å²) in [4.78, 5) is 33.0. The zero-order valence-electron chi connectivity index (χ0n) is 26.5. The average Bonchev–Trinajstić information content (AvgIpc) is 3.36. The van der Waals surface area contributed by atoms with Crippen molar-refractivity contribution in [3.8, 4) is 11.5 Å². The minimum atomic E-state index is -0.774. The summed E-state index contributed by atoms with van der Waals surface area (Å²) < 4.78 is 39.9. The Labute approximate surface area is 265 Å². The number of ether oxygens (including phenoxy) is 2. The summed E-state index contributed by atoms with van der Waals surface area (Å²) in [6, 6.07) is 15.3. The van der Waals surface area contributed by atoms with E-state index in [-0.39, 0.29) is 35.1 Å². The van der Waals surface area contributed by atoms with Crippen molar-refractivity contribution in [1.29, 1.82) is 0 Å². The smallest absolute Gasteiger partial charge is 0.408 e. The minimum absolute atomic E-state index is 0.0635. The molecule has 7 N–H and O–H groups in total. The van der Waals surface area contributed by atoms with E-state index in [4.69, 9.17) is 20.9 Å². The lowest BCUT2D eigenvalue weighted by atomic mass is 10.1. The fraction of sp³-hybridized carbons (Fsp3) is 0.265. The Kier molecular flexibility index (Phi) is 9.69. The fourth-order valence-electron chi connectivity index (χ4n) is 4.43. The van der Waals surface area contributed by atoms with Crippen molar-refractivity contribution >= 4 is 40.0 Å². The molecule has 0 atom stereocenters. The van der Waals surface area contributed by atoms with Crippen molar-refractivity contribution in [2.45, 2.75) is 52.7 Å². The summed E-state index contributed by atoms with van der Waals surface area (Å²) in [5, 5.41) is 6.22. The number of Topliss-reactive ketones (excluding diaryl/α,β-unsaturated/α-hetero) is 1. The molecule has 12 heteroatoms. The number of aromatic nitrogens is 1. The number of carbonyl (C=O) groups is 2. The molecule has 0 radical (unpaired) electrons. The predicted molar refractivity (Wildman–Crippen MR) is 176 cm³/mol. The number of fused-ring (bicyclic) bond motifs is 1. The Bertz CT molecular complexity index is 1840. The van der Waals surface area contributed by atoms with Gasteiger partial charge in [-0.3, -0.25) is 4.79 Å². The molecule has 1 aromatic heterocycles. The maximum absolute atomic E-state index is 15.0. The molecule has 4 aromatic rings. The maximum atomic E-state index is 15.0. The van der Waals surface area contributed by atoms with E-state index in [1.165, 1.54) is 30.3 Å². The second kappa shape index (κ2) is 13.3. The molecule has 0 spiro atoms. The van der Waals surface area contributed by atoms with Crippen LogP contribution in [0.3, 0.4) is 0 Å². The van der Waals surface area contributed by atoms with Crippen molar-refractivity contribution in [3.63, 3.8) is 0 Å². The summed E-state index contributed by atoms with van der Waals surface area (Å²) >= 11 is 0. The first kappa shape index (κ1) is 33.5. The number of para-hydroxylation sites is 1. The van der Waals surface area contributed by atoms with Gasteiger partial charge in [0, 0.05) is 23.6 Å². The van der Waals surface area contributed by atoms with Crippen LogP contribution in [0.2, 0.25) is 0 Å². The van der Waals surface area contributed by atoms with Gasteiger partial charge >= 0.3 is 6.09 Å². The molecule has 0 aliphatic heterocycles. The molecule has 0 aliphatic carbocycles. The number of hydrogen-bond donors (Lipinski definition) is 5. The molecule has 46 heavy (non-hydrogen) atoms. The molecule has 0 fully saturated rings. The molecular weight excluding hydrogens is 594 g/mol. The van der Waals surface area contributed by atoms with E-state index in [9.17, 15) is 14.0 Å². The number of amidine groups is 1. The van der Waals surface area contributed by atoms with Crippen LogP contribution < -0.4 is 26.8 Å². The van der Waals surface area contributed by atoms with Crippen LogP contribution in [0.4, 0.5) is 25.0 Å². The van der Waals surface area contributed by atoms with Gasteiger partial charge in [-0.05, 0) is 95.6 Å². The number of aliphatic imine (C=N–C) groups is 1. The van der Waals surface area contributed by atoms with Crippen LogP contribution in [0.15, 0.2) is 77.4 Å². The number of aryl methyl sites for hydroxylation is 1. The van der Waals surface area contributed by atoms with Gasteiger partial charge in [0.05, 0.1) is 28.2 Å². The minimum Gasteiger partial charge on any atom is -0.454 e. The van der Waals surface area contributed by atoms with Crippen molar-refractivity contribution in [2.75, 3.05) is 11.9 Å². The van der Waals surface area contributed by atoms with E-state index in [2.05, 4.69) is 20.6 Å². The van der Waals surface area contributed by atoms with Gasteiger partial charge in [-0.15, -0.1) is 0 Å². The molecule has 1 heterocycles. The Morgan fingerprint density at radius 2 is 1.72 bits per heavy atom. The topological polar surface area (TPSA) is 157 Å². The summed E-state index contributed by atoms with van der Waals surface area (Å²) in [6.45, 7) is 10.8. The first-order chi connectivity index (χ1) is 21.5. The fourth-order valence-corrected chi connectivity index (χ4v) is 4.43. The highest BCUT2D eigenvalue weighted by atomic mass is 19.1. The lowest BCUT2D eigenvalue weighted by molar-refractivity contribution is 0.0477. The number of nitrogens with one attached hydrogen (secondary N) is 3. The van der Waals surface area contributed by atoms with Crippen molar-refractivity contribution < 1.29 is 27.8 Å². The molecular formula is C34H38F2N6O4. The van der Waals surface area contributed by atoms with Gasteiger partial charge in [0.1, 0.15) is 23.0 Å². The standard InChI is InChI=1S/C34H38F2N6O4/c1-19-13-21(45-29-10-8-7-9-23(29)35)11-12-25(19)41-31(38)22(17-37)30(43)28-15-20-14-24(36)27(16-26(20)40-28)39-18-34(5,6)42-32(44)46-33(2,3)4/h7-17,39-40H,18,37H2,1-6H3,(H2,38,41)(H,42,44). The molecule has 0 saturated heterocycles. The highest BCUT2D eigenvalue weighted by Crippen LogP contribution is 2.30. The summed E-state index contributed by atoms with van der Waals surface area (Å²) in [6.07, 6.45) is 0.473. The second-order valence-corrected chi connectivity index (χ2v) is 12.4. The Hall–Kier alpha value is -5.39. The third kappa shape index (κ3) is 8.40. The van der Waals surface area contributed by atoms with Crippen molar-refractivity contribution in [2.24, 2.45) is 16.5 Å². The number of nitrogens with zero attached hydrogens (tertiary/aromatic N) is 1. The quantitative estimate of drug-likeness (QED) is 0.0547. The molecule has 1 amide bonds. The van der Waals surface area contributed by atoms with Crippen LogP contribution >= 0.6 is 0 Å². The zero-order chi connectivity index (χ0) is 33.8. The molecule has 0 unspecified atom stereocenters. The number of ketones is 1. The van der Waals surface area contributed by atoms with Gasteiger partial charge < -0.3 is 36.6 Å². The molecule has 4 rings (SSSR count). The van der Waals surface area contributed by atoms with E-state index in [1.54, 1.807) is 71.9 Å². The number of anilines is 1. The van der Waals surface area contributed by atoms with E-state index in [0.29, 0.717) is 27.9 Å². The van der Waals surface area contributed by atoms with Crippen LogP contribution in [-0.2, 0) is 4.74 Å². The summed E-state index contributed by atoms with van der Waals surface area (Å²) in [7, 11) is 0. The van der Waals surface area contributed by atoms with E-state index in [1.807, 2.05) is 0 Å². The largest absolute Gasteiger partial charge is 0.454 e. The Morgan fingerprint density at radius 1 is 1.00 bits per heavy atom. The highest BCUT2D eigenvalue weighted by Gasteiger charge is 2.25. The summed E-state index contributed by atoms with van der Waals surface area (Å²) in [5.74, 6) is -1.25. The van der Waals surface area contributed by atoms with Gasteiger partial charge in [0.2, 0.25) is 5.78 Å². The van der Waals surface area contributed by atoms with Crippen molar-refractivity contribution in [3.05, 3.63) is 95.3 Å². The van der Waals surface area contributed by atoms with Crippen LogP contribution in [0.5, 0.6) is 11.5 Å². The van der Waals surface area contributed by atoms with Crippen LogP contribution in [0.1, 0.15) is 50.7 Å². The number of aromatic amines is 1. The highest BCUT2D eigenvalue weighted by molar-refractivity contribution is 6.27. The molecule has 242 valence electrons. The van der Waals surface area contributed by atoms with Crippen molar-refractivity contribution in [1.82, 2.24) is 10.3 Å². The molecule has 0 aliphatic rings. The zero-order valence-corrected chi connectivity index (χ0v) is 26.5. The van der Waals surface area contributed by atoms with Gasteiger partial charge in [0.15, 0.2) is 11.6 Å². The average molecular weight is 633 g/mol. The number of hydrogen-bond acceptors (Lipinski definition) is 7. The number of alkyl carbamates (subject to hydrolysis) is 1. The number of nitrogens with two attached hydrogens (primary N) is 2. The summed E-state index contributed by atoms with van der Waals surface area (Å²) in [5.41, 5.74) is 12.4. The predicted octanol–water partition coefficient (Wildman–Crippen LogP) is 6.98.